The summed E-state index contributed by atoms with van der Waals surface area (Å²) in [5.41, 5.74) is 2.78. The molecule has 3 aromatic rings. The molecule has 1 aromatic heterocycles. The second-order valence-electron chi connectivity index (χ2n) is 6.20. The first kappa shape index (κ1) is 18.7. The molecule has 2 aromatic carbocycles. The molecule has 0 bridgehead atoms. The molecule has 0 unspecified atom stereocenters. The Morgan fingerprint density at radius 3 is 2.33 bits per heavy atom. The smallest absolute Gasteiger partial charge is 0.263 e. The van der Waals surface area contributed by atoms with Crippen molar-refractivity contribution in [3.8, 4) is 0 Å². The summed E-state index contributed by atoms with van der Waals surface area (Å²) >= 11 is 0. The number of hydrogen-bond acceptors (Lipinski definition) is 4. The number of rotatable bonds is 6. The maximum Gasteiger partial charge on any atom is 0.263 e. The van der Waals surface area contributed by atoms with Gasteiger partial charge in [-0.05, 0) is 36.8 Å². The first-order valence-corrected chi connectivity index (χ1v) is 9.80. The summed E-state index contributed by atoms with van der Waals surface area (Å²) < 4.78 is 29.1. The molecule has 0 saturated heterocycles. The monoisotopic (exact) mass is 384 g/mol. The van der Waals surface area contributed by atoms with Crippen molar-refractivity contribution >= 4 is 27.4 Å². The maximum atomic E-state index is 12.5. The molecule has 3 rings (SSSR count). The van der Waals surface area contributed by atoms with Crippen molar-refractivity contribution in [3.05, 3.63) is 71.9 Å². The number of benzene rings is 2. The second kappa shape index (κ2) is 7.63. The highest BCUT2D eigenvalue weighted by atomic mass is 32.2. The number of hydrogen-bond donors (Lipinski definition) is 2. The van der Waals surface area contributed by atoms with E-state index < -0.39 is 10.0 Å². The fourth-order valence-electron chi connectivity index (χ4n) is 2.50. The highest BCUT2D eigenvalue weighted by molar-refractivity contribution is 7.92. The molecule has 0 fully saturated rings. The Bertz CT molecular complexity index is 1040. The lowest BCUT2D eigenvalue weighted by molar-refractivity contribution is -0.114. The van der Waals surface area contributed by atoms with Crippen LogP contribution < -0.4 is 10.0 Å². The van der Waals surface area contributed by atoms with Gasteiger partial charge in [-0.2, -0.15) is 5.10 Å². The summed E-state index contributed by atoms with van der Waals surface area (Å²) in [6.07, 6.45) is 1.72. The Kier molecular flexibility index (Phi) is 5.27. The van der Waals surface area contributed by atoms with Gasteiger partial charge in [0.15, 0.2) is 5.82 Å². The van der Waals surface area contributed by atoms with Gasteiger partial charge >= 0.3 is 0 Å². The predicted octanol–water partition coefficient (Wildman–Crippen LogP) is 3.00. The molecule has 0 aliphatic carbocycles. The molecule has 7 nitrogen and oxygen atoms in total. The van der Waals surface area contributed by atoms with E-state index in [2.05, 4.69) is 15.1 Å². The fraction of sp³-hybridized carbons (Fsp3) is 0.158. The van der Waals surface area contributed by atoms with E-state index in [1.54, 1.807) is 16.9 Å². The summed E-state index contributed by atoms with van der Waals surface area (Å²) in [6.45, 7) is 3.96. The van der Waals surface area contributed by atoms with E-state index in [0.717, 1.165) is 5.56 Å². The van der Waals surface area contributed by atoms with Gasteiger partial charge in [-0.3, -0.25) is 14.2 Å². The average Bonchev–Trinajstić information content (AvgIpc) is 3.03. The molecule has 1 heterocycles. The number of aromatic nitrogens is 2. The van der Waals surface area contributed by atoms with Gasteiger partial charge in [0.05, 0.1) is 11.4 Å². The topological polar surface area (TPSA) is 93.1 Å². The summed E-state index contributed by atoms with van der Waals surface area (Å²) in [5.74, 6) is 0.0240. The van der Waals surface area contributed by atoms with Crippen LogP contribution in [-0.4, -0.2) is 24.1 Å². The Morgan fingerprint density at radius 1 is 1.04 bits per heavy atom. The maximum absolute atomic E-state index is 12.5. The molecule has 0 atom stereocenters. The number of carbonyl (C=O) groups excluding carboxylic acids is 1. The first-order chi connectivity index (χ1) is 12.8. The van der Waals surface area contributed by atoms with Gasteiger partial charge in [-0.25, -0.2) is 8.42 Å². The van der Waals surface area contributed by atoms with Crippen LogP contribution in [0, 0.1) is 6.92 Å². The van der Waals surface area contributed by atoms with E-state index in [4.69, 9.17) is 0 Å². The largest absolute Gasteiger partial charge is 0.326 e. The molecule has 8 heteroatoms. The number of amides is 1. The van der Waals surface area contributed by atoms with Crippen LogP contribution in [0.15, 0.2) is 65.7 Å². The van der Waals surface area contributed by atoms with Crippen molar-refractivity contribution in [2.24, 2.45) is 0 Å². The third-order valence-corrected chi connectivity index (χ3v) is 5.20. The van der Waals surface area contributed by atoms with E-state index in [0.29, 0.717) is 12.2 Å². The van der Waals surface area contributed by atoms with Crippen molar-refractivity contribution in [2.75, 3.05) is 10.0 Å². The lowest BCUT2D eigenvalue weighted by Gasteiger charge is -2.07. The third kappa shape index (κ3) is 4.95. The van der Waals surface area contributed by atoms with Crippen LogP contribution in [0.4, 0.5) is 11.5 Å². The van der Waals surface area contributed by atoms with E-state index in [-0.39, 0.29) is 16.6 Å². The normalized spacial score (nSPS) is 11.2. The van der Waals surface area contributed by atoms with Crippen LogP contribution in [0.1, 0.15) is 18.1 Å². The molecule has 140 valence electrons. The molecule has 0 aliphatic rings. The molecular formula is C19H20N4O3S. The van der Waals surface area contributed by atoms with Crippen LogP contribution in [0.25, 0.3) is 0 Å². The lowest BCUT2D eigenvalue weighted by Crippen LogP contribution is -2.14. The molecule has 0 spiro atoms. The van der Waals surface area contributed by atoms with Gasteiger partial charge in [0.25, 0.3) is 10.0 Å². The number of carbonyl (C=O) groups is 1. The van der Waals surface area contributed by atoms with Gasteiger partial charge in [-0.15, -0.1) is 0 Å². The molecule has 0 saturated carbocycles. The van der Waals surface area contributed by atoms with Gasteiger partial charge in [-0.1, -0.05) is 29.8 Å². The Balaban J connectivity index is 1.69. The molecule has 2 N–H and O–H groups in total. The second-order valence-corrected chi connectivity index (χ2v) is 7.88. The van der Waals surface area contributed by atoms with Crippen LogP contribution in [-0.2, 0) is 21.4 Å². The van der Waals surface area contributed by atoms with Crippen molar-refractivity contribution in [1.29, 1.82) is 0 Å². The molecule has 1 amide bonds. The zero-order valence-corrected chi connectivity index (χ0v) is 15.8. The first-order valence-electron chi connectivity index (χ1n) is 8.31. The van der Waals surface area contributed by atoms with E-state index in [1.165, 1.54) is 36.8 Å². The number of anilines is 2. The van der Waals surface area contributed by atoms with Crippen LogP contribution >= 0.6 is 0 Å². The zero-order chi connectivity index (χ0) is 19.4. The molecule has 27 heavy (non-hydrogen) atoms. The van der Waals surface area contributed by atoms with Gasteiger partial charge in [0, 0.05) is 24.9 Å². The SMILES string of the molecule is CC(=O)Nc1ccc(S(=O)(=O)Nc2ccn(Cc3ccc(C)cc3)n2)cc1. The third-order valence-electron chi connectivity index (χ3n) is 3.83. The quantitative estimate of drug-likeness (QED) is 0.683. The summed E-state index contributed by atoms with van der Waals surface area (Å²) in [4.78, 5) is 11.1. The number of nitrogens with zero attached hydrogens (tertiary/aromatic N) is 2. The van der Waals surface area contributed by atoms with Gasteiger partial charge in [0.2, 0.25) is 5.91 Å². The summed E-state index contributed by atoms with van der Waals surface area (Å²) in [7, 11) is -3.76. The van der Waals surface area contributed by atoms with Crippen LogP contribution in [0.5, 0.6) is 0 Å². The van der Waals surface area contributed by atoms with Gasteiger partial charge < -0.3 is 5.32 Å². The minimum Gasteiger partial charge on any atom is -0.326 e. The lowest BCUT2D eigenvalue weighted by atomic mass is 10.1. The number of nitrogens with one attached hydrogen (secondary N) is 2. The highest BCUT2D eigenvalue weighted by Crippen LogP contribution is 2.17. The van der Waals surface area contributed by atoms with E-state index in [9.17, 15) is 13.2 Å². The van der Waals surface area contributed by atoms with Gasteiger partial charge in [0.1, 0.15) is 0 Å². The predicted molar refractivity (Wildman–Crippen MR) is 104 cm³/mol. The van der Waals surface area contributed by atoms with Crippen molar-refractivity contribution in [1.82, 2.24) is 9.78 Å². The minimum atomic E-state index is -3.76. The summed E-state index contributed by atoms with van der Waals surface area (Å²) in [6, 6.07) is 15.6. The minimum absolute atomic E-state index is 0.0877. The molecular weight excluding hydrogens is 364 g/mol. The molecule has 0 aliphatic heterocycles. The molecule has 0 radical (unpaired) electrons. The van der Waals surface area contributed by atoms with Crippen LogP contribution in [0.3, 0.4) is 0 Å². The van der Waals surface area contributed by atoms with E-state index >= 15 is 0 Å². The average molecular weight is 384 g/mol. The summed E-state index contributed by atoms with van der Waals surface area (Å²) in [5, 5.41) is 6.86. The number of sulfonamides is 1. The van der Waals surface area contributed by atoms with Crippen molar-refractivity contribution in [2.45, 2.75) is 25.3 Å². The Morgan fingerprint density at radius 2 is 1.70 bits per heavy atom. The highest BCUT2D eigenvalue weighted by Gasteiger charge is 2.15. The standard InChI is InChI=1S/C19H20N4O3S/c1-14-3-5-16(6-4-14)13-23-12-11-19(21-23)22-27(25,26)18-9-7-17(8-10-18)20-15(2)24/h3-12H,13H2,1-2H3,(H,20,24)(H,21,22). The fourth-order valence-corrected chi connectivity index (χ4v) is 3.50. The Hall–Kier alpha value is -3.13. The zero-order valence-electron chi connectivity index (χ0n) is 15.0. The Labute approximate surface area is 158 Å². The van der Waals surface area contributed by atoms with Crippen molar-refractivity contribution in [3.63, 3.8) is 0 Å². The van der Waals surface area contributed by atoms with Crippen LogP contribution in [0.2, 0.25) is 0 Å². The van der Waals surface area contributed by atoms with E-state index in [1.807, 2.05) is 31.2 Å². The van der Waals surface area contributed by atoms with Crippen molar-refractivity contribution < 1.29 is 13.2 Å². The number of aryl methyl sites for hydroxylation is 1.